The summed E-state index contributed by atoms with van der Waals surface area (Å²) in [6, 6.07) is 30.3. The normalized spacial score (nSPS) is 10.9. The third-order valence-corrected chi connectivity index (χ3v) is 15.5. The van der Waals surface area contributed by atoms with E-state index < -0.39 is 16.7 Å². The molecule has 0 fully saturated rings. The number of Topliss-reactive ketones (excluding diaryl/α,β-unsaturated/α-hetero) is 1. The van der Waals surface area contributed by atoms with Crippen LogP contribution in [0.25, 0.3) is 50.4 Å². The molecule has 0 saturated heterocycles. The Kier molecular flexibility index (Phi) is 22.2. The third-order valence-electron chi connectivity index (χ3n) is 13.1. The van der Waals surface area contributed by atoms with Crippen LogP contribution in [0.15, 0.2) is 133 Å². The molecule has 17 heteroatoms. The van der Waals surface area contributed by atoms with Crippen molar-refractivity contribution in [1.29, 1.82) is 0 Å². The summed E-state index contributed by atoms with van der Waals surface area (Å²) in [4.78, 5) is 36.9. The van der Waals surface area contributed by atoms with Crippen LogP contribution in [-0.2, 0) is 39.1 Å². The van der Waals surface area contributed by atoms with Gasteiger partial charge < -0.3 is 9.47 Å². The second-order valence-electron chi connectivity index (χ2n) is 20.6. The number of pyridine rings is 4. The summed E-state index contributed by atoms with van der Waals surface area (Å²) in [5.74, 6) is 2.74. The van der Waals surface area contributed by atoms with Crippen molar-refractivity contribution in [2.24, 2.45) is 28.2 Å². The van der Waals surface area contributed by atoms with Crippen LogP contribution >= 0.6 is 23.1 Å². The fourth-order valence-electron chi connectivity index (χ4n) is 8.80. The number of rotatable bonds is 11. The molecule has 83 heavy (non-hydrogen) atoms. The number of thiophene rings is 1. The number of ketones is 1. The molecule has 8 aromatic rings. The second kappa shape index (κ2) is 28.1. The van der Waals surface area contributed by atoms with Gasteiger partial charge in [-0.05, 0) is 124 Å². The van der Waals surface area contributed by atoms with Crippen LogP contribution in [0.1, 0.15) is 99.3 Å². The number of terminal acetylenes is 1. The summed E-state index contributed by atoms with van der Waals surface area (Å²) >= 11 is 3.23. The number of carbonyl (C=O) groups excluding carboxylic acids is 2. The maximum absolute atomic E-state index is 13.6. The molecule has 0 atom stereocenters. The molecule has 3 aromatic carbocycles. The highest BCUT2D eigenvalue weighted by Crippen LogP contribution is 2.36. The molecule has 0 N–H and O–H groups in total. The summed E-state index contributed by atoms with van der Waals surface area (Å²) in [6.45, 7) is 23.6. The fourth-order valence-corrected chi connectivity index (χ4v) is 11.0. The van der Waals surface area contributed by atoms with Gasteiger partial charge in [-0.3, -0.25) is 14.9 Å². The lowest BCUT2D eigenvalue weighted by Crippen LogP contribution is -2.34. The zero-order valence-corrected chi connectivity index (χ0v) is 51.3. The van der Waals surface area contributed by atoms with Gasteiger partial charge in [-0.1, -0.05) is 39.3 Å². The van der Waals surface area contributed by atoms with Gasteiger partial charge in [0, 0.05) is 75.7 Å². The van der Waals surface area contributed by atoms with Gasteiger partial charge >= 0.3 is 12.1 Å². The van der Waals surface area contributed by atoms with E-state index in [1.54, 1.807) is 57.6 Å². The summed E-state index contributed by atoms with van der Waals surface area (Å²) in [5, 5.41) is 11.2. The lowest BCUT2D eigenvalue weighted by atomic mass is 9.98. The Labute approximate surface area is 492 Å². The Bertz CT molecular complexity index is 3780. The Morgan fingerprint density at radius 2 is 1.37 bits per heavy atom. The van der Waals surface area contributed by atoms with Crippen molar-refractivity contribution in [2.45, 2.75) is 85.1 Å². The van der Waals surface area contributed by atoms with E-state index in [-0.39, 0.29) is 28.0 Å². The molecule has 0 bridgehead atoms. The first-order valence-corrected chi connectivity index (χ1v) is 27.9. The number of aromatic nitrogens is 4. The lowest BCUT2D eigenvalue weighted by Gasteiger charge is -2.18. The minimum atomic E-state index is -4.33. The molecule has 0 aliphatic heterocycles. The van der Waals surface area contributed by atoms with Gasteiger partial charge in [-0.15, -0.1) is 29.5 Å². The van der Waals surface area contributed by atoms with Crippen molar-refractivity contribution in [1.82, 2.24) is 0 Å². The predicted octanol–water partition coefficient (Wildman–Crippen LogP) is 14.3. The average molecular weight is 1170 g/mol. The maximum Gasteiger partial charge on any atom is 0.422 e. The van der Waals surface area contributed by atoms with Gasteiger partial charge in [-0.25, -0.2) is 18.3 Å². The van der Waals surface area contributed by atoms with Gasteiger partial charge in [0.2, 0.25) is 22.8 Å². The first-order chi connectivity index (χ1) is 38.9. The van der Waals surface area contributed by atoms with Crippen LogP contribution < -0.4 is 23.0 Å². The highest BCUT2D eigenvalue weighted by atomic mass is 32.2. The van der Waals surface area contributed by atoms with Crippen LogP contribution in [0, 0.1) is 62.9 Å². The fraction of sp³-hybridized carbons (Fsp3) is 0.273. The van der Waals surface area contributed by atoms with Crippen LogP contribution in [0.3, 0.4) is 0 Å². The number of carbonyl (C=O) groups is 2. The van der Waals surface area contributed by atoms with Crippen molar-refractivity contribution < 1.29 is 59.8 Å². The number of methoxy groups -OCH3 is 1. The Morgan fingerprint density at radius 3 is 1.90 bits per heavy atom. The zero-order chi connectivity index (χ0) is 61.8. The Hall–Kier alpha value is -8.33. The minimum absolute atomic E-state index is 0.00354. The molecular formula is C66H71F4N5O6S2+4. The minimum Gasteiger partial charge on any atom is -0.497 e. The summed E-state index contributed by atoms with van der Waals surface area (Å²) in [5.41, 5.74) is 12.5. The van der Waals surface area contributed by atoms with E-state index in [2.05, 4.69) is 69.0 Å². The first-order valence-electron chi connectivity index (χ1n) is 26.3. The van der Waals surface area contributed by atoms with Gasteiger partial charge in [0.05, 0.1) is 35.3 Å². The molecule has 8 rings (SSSR count). The van der Waals surface area contributed by atoms with E-state index in [1.807, 2.05) is 94.1 Å². The van der Waals surface area contributed by atoms with Crippen molar-refractivity contribution in [3.05, 3.63) is 199 Å². The standard InChI is InChI=1S/C19H22NS.C17H17N2O3.C15H15F3NO.C15H17FNO2S/c1-7-15-8-11-18(20(6)13-15)17-10-9-16(12-14(17)2)21-19(3,4)5;1-5-13-8-11(2)15(10-16(13)19(21)22)17-9-14(12(3)20)6-7-18(17)4;1-10-8-12(20-3)5-6-13(10)14-7-4-11(9-19(14)2)15(16,17)18;1-5-19-15(18)13-6-9(2)14(20-13)12-8-11(16)7-10(3)17(12)4/h1,8-13H,2-6H3;5-10H,1H2,2-4H3;4-9H,1-3H3;6-8H,5H2,1-4H3/q4*+1. The van der Waals surface area contributed by atoms with E-state index in [0.717, 1.165) is 79.0 Å². The highest BCUT2D eigenvalue weighted by molar-refractivity contribution is 8.00. The molecule has 0 unspecified atom stereocenters. The number of nitro benzene ring substituents is 1. The topological polar surface area (TPSA) is 111 Å². The molecule has 5 aromatic heterocycles. The van der Waals surface area contributed by atoms with Crippen molar-refractivity contribution in [3.63, 3.8) is 0 Å². The largest absolute Gasteiger partial charge is 0.497 e. The van der Waals surface area contributed by atoms with Crippen molar-refractivity contribution in [3.8, 4) is 62.4 Å². The van der Waals surface area contributed by atoms with Crippen LogP contribution in [0.5, 0.6) is 5.75 Å². The summed E-state index contributed by atoms with van der Waals surface area (Å²) < 4.78 is 69.2. The average Bonchev–Trinajstić information content (AvgIpc) is 3.84. The number of halogens is 4. The number of alkyl halides is 3. The van der Waals surface area contributed by atoms with Gasteiger partial charge in [0.15, 0.2) is 30.1 Å². The van der Waals surface area contributed by atoms with Crippen LogP contribution in [-0.4, -0.2) is 35.1 Å². The number of nitro groups is 1. The summed E-state index contributed by atoms with van der Waals surface area (Å²) in [7, 11) is 8.94. The van der Waals surface area contributed by atoms with E-state index in [4.69, 9.17) is 15.9 Å². The molecule has 0 radical (unpaired) electrons. The molecular weight excluding hydrogens is 1100 g/mol. The first kappa shape index (κ1) is 65.5. The maximum atomic E-state index is 13.6. The molecule has 0 amide bonds. The molecule has 11 nitrogen and oxygen atoms in total. The predicted molar refractivity (Wildman–Crippen MR) is 322 cm³/mol. The van der Waals surface area contributed by atoms with E-state index in [9.17, 15) is 37.3 Å². The molecule has 0 saturated carbocycles. The van der Waals surface area contributed by atoms with Crippen LogP contribution in [0.4, 0.5) is 23.2 Å². The number of thioether (sulfide) groups is 1. The van der Waals surface area contributed by atoms with E-state index in [1.165, 1.54) is 74.9 Å². The number of hydrogen-bond acceptors (Lipinski definition) is 8. The smallest absolute Gasteiger partial charge is 0.422 e. The van der Waals surface area contributed by atoms with Gasteiger partial charge in [0.25, 0.3) is 5.69 Å². The highest BCUT2D eigenvalue weighted by Gasteiger charge is 2.34. The number of esters is 1. The summed E-state index contributed by atoms with van der Waals surface area (Å²) in [6.07, 6.45) is 7.46. The van der Waals surface area contributed by atoms with Crippen molar-refractivity contribution >= 4 is 46.6 Å². The number of aryl methyl sites for hydroxylation is 8. The number of hydrogen-bond donors (Lipinski definition) is 0. The molecule has 0 aliphatic carbocycles. The monoisotopic (exact) mass is 1170 g/mol. The number of nitrogens with zero attached hydrogens (tertiary/aromatic N) is 5. The third kappa shape index (κ3) is 17.1. The van der Waals surface area contributed by atoms with Gasteiger partial charge in [-0.2, -0.15) is 22.3 Å². The Morgan fingerprint density at radius 1 is 0.759 bits per heavy atom. The van der Waals surface area contributed by atoms with Crippen molar-refractivity contribution in [2.75, 3.05) is 13.7 Å². The quantitative estimate of drug-likeness (QED) is 0.0185. The lowest BCUT2D eigenvalue weighted by molar-refractivity contribution is -0.666. The Balaban J connectivity index is 0.000000203. The SMILES string of the molecule is C#Cc1ccc(-c2ccc(SC(C)(C)C)cc2C)[n+](C)c1.C=Cc1cc(C)c(-c2cc(C(C)=O)cc[n+]2C)cc1[N+](=O)[O-].CCOC(=O)c1cc(C)c(-c2cc(F)cc(C)[n+]2C)s1.COc1ccc(-c2ccc(C(F)(F)F)c[n+]2C)c(C)c1. The van der Waals surface area contributed by atoms with E-state index in [0.29, 0.717) is 22.6 Å². The number of ether oxygens (including phenoxy) is 2. The van der Waals surface area contributed by atoms with Crippen LogP contribution in [0.2, 0.25) is 0 Å². The van der Waals surface area contributed by atoms with E-state index >= 15 is 0 Å². The number of benzene rings is 3. The molecule has 0 spiro atoms. The molecule has 0 aliphatic rings. The second-order valence-corrected chi connectivity index (χ2v) is 23.6. The zero-order valence-electron chi connectivity index (χ0n) is 49.6. The molecule has 5 heterocycles. The van der Waals surface area contributed by atoms with Gasteiger partial charge in [0.1, 0.15) is 55.1 Å². The molecule has 432 valence electrons.